The van der Waals surface area contributed by atoms with Gasteiger partial charge in [0.15, 0.2) is 0 Å². The van der Waals surface area contributed by atoms with Gasteiger partial charge >= 0.3 is 0 Å². The molecule has 0 amide bonds. The number of nitrogens with one attached hydrogen (secondary N) is 1. The van der Waals surface area contributed by atoms with Gasteiger partial charge in [0.1, 0.15) is 0 Å². The van der Waals surface area contributed by atoms with E-state index >= 15 is 0 Å². The van der Waals surface area contributed by atoms with Gasteiger partial charge in [-0.2, -0.15) is 0 Å². The Hall–Kier alpha value is -1.09. The molecule has 1 atom stereocenters. The first-order chi connectivity index (χ1) is 6.61. The number of hydrogen-bond donors (Lipinski definition) is 2. The highest BCUT2D eigenvalue weighted by molar-refractivity contribution is 5.45. The standard InChI is InChI=1S/C11H18N2O/c1-8(4-5-14)13-11-6-9(2)12-10(3)7-11/h6-8,14H,4-5H2,1-3H3,(H,12,13). The van der Waals surface area contributed by atoms with Crippen LogP contribution in [0.4, 0.5) is 5.69 Å². The molecule has 78 valence electrons. The molecule has 0 bridgehead atoms. The summed E-state index contributed by atoms with van der Waals surface area (Å²) in [5, 5.41) is 12.1. The topological polar surface area (TPSA) is 45.1 Å². The third-order valence-corrected chi connectivity index (χ3v) is 2.06. The number of aromatic nitrogens is 1. The highest BCUT2D eigenvalue weighted by Gasteiger charge is 2.02. The summed E-state index contributed by atoms with van der Waals surface area (Å²) < 4.78 is 0. The van der Waals surface area contributed by atoms with Crippen molar-refractivity contribution >= 4 is 5.69 Å². The van der Waals surface area contributed by atoms with E-state index in [9.17, 15) is 0 Å². The molecule has 0 aliphatic rings. The summed E-state index contributed by atoms with van der Waals surface area (Å²) in [5.41, 5.74) is 3.11. The summed E-state index contributed by atoms with van der Waals surface area (Å²) in [5.74, 6) is 0. The maximum absolute atomic E-state index is 8.77. The minimum Gasteiger partial charge on any atom is -0.396 e. The van der Waals surface area contributed by atoms with Crippen molar-refractivity contribution in [2.75, 3.05) is 11.9 Å². The second-order valence-electron chi connectivity index (χ2n) is 3.70. The maximum Gasteiger partial charge on any atom is 0.0450 e. The summed E-state index contributed by atoms with van der Waals surface area (Å²) in [6.45, 7) is 6.24. The molecule has 0 aromatic carbocycles. The molecular weight excluding hydrogens is 176 g/mol. The molecule has 0 saturated heterocycles. The molecule has 0 aliphatic carbocycles. The number of nitrogens with zero attached hydrogens (tertiary/aromatic N) is 1. The van der Waals surface area contributed by atoms with Gasteiger partial charge in [-0.25, -0.2) is 0 Å². The van der Waals surface area contributed by atoms with Gasteiger partial charge in [0.05, 0.1) is 0 Å². The molecule has 0 aliphatic heterocycles. The van der Waals surface area contributed by atoms with E-state index < -0.39 is 0 Å². The Morgan fingerprint density at radius 3 is 2.43 bits per heavy atom. The van der Waals surface area contributed by atoms with E-state index in [4.69, 9.17) is 5.11 Å². The maximum atomic E-state index is 8.77. The Morgan fingerprint density at radius 1 is 1.36 bits per heavy atom. The molecule has 1 aromatic heterocycles. The lowest BCUT2D eigenvalue weighted by Gasteiger charge is -2.14. The predicted octanol–water partition coefficient (Wildman–Crippen LogP) is 1.88. The van der Waals surface area contributed by atoms with Gasteiger partial charge in [0.2, 0.25) is 0 Å². The molecule has 3 heteroatoms. The molecule has 0 spiro atoms. The number of rotatable bonds is 4. The van der Waals surface area contributed by atoms with Gasteiger partial charge in [-0.3, -0.25) is 4.98 Å². The molecule has 2 N–H and O–H groups in total. The first kappa shape index (κ1) is 11.0. The molecule has 0 radical (unpaired) electrons. The van der Waals surface area contributed by atoms with Crippen LogP contribution in [-0.2, 0) is 0 Å². The number of aliphatic hydroxyl groups excluding tert-OH is 1. The SMILES string of the molecule is Cc1cc(NC(C)CCO)cc(C)n1. The Morgan fingerprint density at radius 2 is 1.93 bits per heavy atom. The lowest BCUT2D eigenvalue weighted by molar-refractivity contribution is 0.282. The van der Waals surface area contributed by atoms with Crippen LogP contribution in [-0.4, -0.2) is 22.7 Å². The fourth-order valence-corrected chi connectivity index (χ4v) is 1.47. The Kier molecular flexibility index (Phi) is 3.89. The van der Waals surface area contributed by atoms with Crippen molar-refractivity contribution in [1.29, 1.82) is 0 Å². The van der Waals surface area contributed by atoms with Crippen LogP contribution < -0.4 is 5.32 Å². The summed E-state index contributed by atoms with van der Waals surface area (Å²) in [6.07, 6.45) is 0.764. The van der Waals surface area contributed by atoms with E-state index in [2.05, 4.69) is 17.2 Å². The Balaban J connectivity index is 2.66. The van der Waals surface area contributed by atoms with Crippen molar-refractivity contribution in [3.63, 3.8) is 0 Å². The quantitative estimate of drug-likeness (QED) is 0.769. The minimum atomic E-state index is 0.219. The molecule has 1 heterocycles. The summed E-state index contributed by atoms with van der Waals surface area (Å²) in [7, 11) is 0. The van der Waals surface area contributed by atoms with E-state index in [0.717, 1.165) is 23.5 Å². The van der Waals surface area contributed by atoms with Gasteiger partial charge in [-0.15, -0.1) is 0 Å². The minimum absolute atomic E-state index is 0.219. The van der Waals surface area contributed by atoms with Crippen LogP contribution in [0, 0.1) is 13.8 Å². The van der Waals surface area contributed by atoms with Crippen LogP contribution in [0.3, 0.4) is 0 Å². The normalized spacial score (nSPS) is 12.6. The molecule has 1 rings (SSSR count). The lowest BCUT2D eigenvalue weighted by atomic mass is 10.2. The van der Waals surface area contributed by atoms with Crippen molar-refractivity contribution in [3.05, 3.63) is 23.5 Å². The zero-order valence-corrected chi connectivity index (χ0v) is 9.04. The lowest BCUT2D eigenvalue weighted by Crippen LogP contribution is -2.16. The zero-order chi connectivity index (χ0) is 10.6. The van der Waals surface area contributed by atoms with Crippen molar-refractivity contribution in [2.45, 2.75) is 33.2 Å². The highest BCUT2D eigenvalue weighted by atomic mass is 16.3. The summed E-state index contributed by atoms with van der Waals surface area (Å²) >= 11 is 0. The van der Waals surface area contributed by atoms with Gasteiger partial charge in [-0.1, -0.05) is 0 Å². The summed E-state index contributed by atoms with van der Waals surface area (Å²) in [4.78, 5) is 4.30. The van der Waals surface area contributed by atoms with Crippen LogP contribution in [0.2, 0.25) is 0 Å². The van der Waals surface area contributed by atoms with Gasteiger partial charge < -0.3 is 10.4 Å². The van der Waals surface area contributed by atoms with Crippen LogP contribution >= 0.6 is 0 Å². The van der Waals surface area contributed by atoms with E-state index in [-0.39, 0.29) is 6.61 Å². The number of hydrogen-bond acceptors (Lipinski definition) is 3. The van der Waals surface area contributed by atoms with Crippen molar-refractivity contribution in [3.8, 4) is 0 Å². The highest BCUT2D eigenvalue weighted by Crippen LogP contribution is 2.12. The van der Waals surface area contributed by atoms with E-state index in [1.807, 2.05) is 26.0 Å². The second-order valence-corrected chi connectivity index (χ2v) is 3.70. The van der Waals surface area contributed by atoms with Crippen LogP contribution in [0.1, 0.15) is 24.7 Å². The third-order valence-electron chi connectivity index (χ3n) is 2.06. The molecule has 1 unspecified atom stereocenters. The smallest absolute Gasteiger partial charge is 0.0450 e. The summed E-state index contributed by atoms with van der Waals surface area (Å²) in [6, 6.07) is 4.32. The average molecular weight is 194 g/mol. The number of anilines is 1. The fraction of sp³-hybridized carbons (Fsp3) is 0.545. The average Bonchev–Trinajstić information content (AvgIpc) is 2.01. The van der Waals surface area contributed by atoms with Gasteiger partial charge in [0, 0.05) is 29.7 Å². The zero-order valence-electron chi connectivity index (χ0n) is 9.04. The van der Waals surface area contributed by atoms with Crippen LogP contribution in [0.15, 0.2) is 12.1 Å². The third kappa shape index (κ3) is 3.34. The predicted molar refractivity (Wildman–Crippen MR) is 58.5 cm³/mol. The van der Waals surface area contributed by atoms with Gasteiger partial charge in [0.25, 0.3) is 0 Å². The van der Waals surface area contributed by atoms with Crippen LogP contribution in [0.25, 0.3) is 0 Å². The van der Waals surface area contributed by atoms with E-state index in [1.165, 1.54) is 0 Å². The number of pyridine rings is 1. The van der Waals surface area contributed by atoms with E-state index in [0.29, 0.717) is 6.04 Å². The molecule has 14 heavy (non-hydrogen) atoms. The molecule has 0 fully saturated rings. The Bertz CT molecular complexity index is 279. The fourth-order valence-electron chi connectivity index (χ4n) is 1.47. The van der Waals surface area contributed by atoms with Crippen molar-refractivity contribution < 1.29 is 5.11 Å². The first-order valence-corrected chi connectivity index (χ1v) is 4.94. The molecule has 3 nitrogen and oxygen atoms in total. The van der Waals surface area contributed by atoms with Crippen LogP contribution in [0.5, 0.6) is 0 Å². The van der Waals surface area contributed by atoms with Crippen molar-refractivity contribution in [2.24, 2.45) is 0 Å². The molecule has 1 aromatic rings. The largest absolute Gasteiger partial charge is 0.396 e. The number of aliphatic hydroxyl groups is 1. The Labute approximate surface area is 85.2 Å². The molecule has 0 saturated carbocycles. The number of aryl methyl sites for hydroxylation is 2. The second kappa shape index (κ2) is 4.96. The van der Waals surface area contributed by atoms with Gasteiger partial charge in [-0.05, 0) is 39.3 Å². The van der Waals surface area contributed by atoms with Crippen molar-refractivity contribution in [1.82, 2.24) is 4.98 Å². The first-order valence-electron chi connectivity index (χ1n) is 4.94. The molecular formula is C11H18N2O. The van der Waals surface area contributed by atoms with E-state index in [1.54, 1.807) is 0 Å². The monoisotopic (exact) mass is 194 g/mol.